The highest BCUT2D eigenvalue weighted by molar-refractivity contribution is 5.60. The van der Waals surface area contributed by atoms with Crippen molar-refractivity contribution in [2.75, 3.05) is 18.5 Å². The van der Waals surface area contributed by atoms with Crippen LogP contribution < -0.4 is 10.2 Å². The fraction of sp³-hybridized carbons (Fsp3) is 0.292. The summed E-state index contributed by atoms with van der Waals surface area (Å²) in [5, 5.41) is 8.08. The Morgan fingerprint density at radius 3 is 2.87 bits per heavy atom. The summed E-state index contributed by atoms with van der Waals surface area (Å²) in [6.45, 7) is 1.59. The van der Waals surface area contributed by atoms with Gasteiger partial charge in [0.15, 0.2) is 5.65 Å². The van der Waals surface area contributed by atoms with Crippen LogP contribution in [0.25, 0.3) is 17.0 Å². The van der Waals surface area contributed by atoms with E-state index >= 15 is 0 Å². The molecular weight excluding hydrogens is 391 g/mol. The molecule has 0 spiro atoms. The van der Waals surface area contributed by atoms with Crippen LogP contribution in [0.4, 0.5) is 10.2 Å². The van der Waals surface area contributed by atoms with Crippen LogP contribution in [0.1, 0.15) is 36.6 Å². The standard InChI is InChI=1S/C24H25FN6/c1-26-15-19-8-5-9-20(28-19)22-16-27-23-11-12-24(29-31(22)23)30-13-3-2-10-21(30)17-6-4-7-18(25)14-17/h4-9,11-12,14,16,21,26H,2-3,10,13,15H2,1H3. The van der Waals surface area contributed by atoms with Crippen molar-refractivity contribution >= 4 is 11.5 Å². The summed E-state index contributed by atoms with van der Waals surface area (Å²) in [7, 11) is 1.91. The summed E-state index contributed by atoms with van der Waals surface area (Å²) in [6, 6.07) is 17.0. The molecule has 0 radical (unpaired) electrons. The first-order chi connectivity index (χ1) is 15.2. The normalized spacial score (nSPS) is 16.7. The Hall–Kier alpha value is -3.32. The fourth-order valence-electron chi connectivity index (χ4n) is 4.36. The number of benzene rings is 1. The highest BCUT2D eigenvalue weighted by Gasteiger charge is 2.26. The smallest absolute Gasteiger partial charge is 0.154 e. The summed E-state index contributed by atoms with van der Waals surface area (Å²) in [5.41, 5.74) is 4.43. The lowest BCUT2D eigenvalue weighted by molar-refractivity contribution is 0.465. The Labute approximate surface area is 180 Å². The van der Waals surface area contributed by atoms with Crippen LogP contribution in [0.3, 0.4) is 0 Å². The number of pyridine rings is 1. The molecule has 0 saturated carbocycles. The Kier molecular flexibility index (Phi) is 5.34. The van der Waals surface area contributed by atoms with E-state index in [9.17, 15) is 4.39 Å². The summed E-state index contributed by atoms with van der Waals surface area (Å²) >= 11 is 0. The van der Waals surface area contributed by atoms with E-state index in [2.05, 4.69) is 15.2 Å². The van der Waals surface area contributed by atoms with Gasteiger partial charge in [0.25, 0.3) is 0 Å². The molecule has 1 aromatic carbocycles. The molecule has 1 unspecified atom stereocenters. The van der Waals surface area contributed by atoms with Gasteiger partial charge in [-0.25, -0.2) is 18.9 Å². The average Bonchev–Trinajstić information content (AvgIpc) is 3.23. The van der Waals surface area contributed by atoms with Crippen molar-refractivity contribution in [1.82, 2.24) is 24.9 Å². The Morgan fingerprint density at radius 1 is 1.10 bits per heavy atom. The highest BCUT2D eigenvalue weighted by Crippen LogP contribution is 2.34. The third kappa shape index (κ3) is 3.88. The van der Waals surface area contributed by atoms with Crippen LogP contribution in [-0.2, 0) is 6.54 Å². The number of imidazole rings is 1. The van der Waals surface area contributed by atoms with E-state index in [4.69, 9.17) is 10.1 Å². The van der Waals surface area contributed by atoms with Crippen molar-refractivity contribution in [3.8, 4) is 11.4 Å². The predicted molar refractivity (Wildman–Crippen MR) is 119 cm³/mol. The van der Waals surface area contributed by atoms with Gasteiger partial charge in [0, 0.05) is 13.1 Å². The number of hydrogen-bond donors (Lipinski definition) is 1. The molecule has 6 nitrogen and oxygen atoms in total. The minimum Gasteiger partial charge on any atom is -0.348 e. The van der Waals surface area contributed by atoms with Gasteiger partial charge in [-0.15, -0.1) is 5.10 Å². The van der Waals surface area contributed by atoms with Gasteiger partial charge >= 0.3 is 0 Å². The number of hydrogen-bond acceptors (Lipinski definition) is 5. The summed E-state index contributed by atoms with van der Waals surface area (Å²) < 4.78 is 15.7. The van der Waals surface area contributed by atoms with Crippen LogP contribution >= 0.6 is 0 Å². The molecular formula is C24H25FN6. The maximum Gasteiger partial charge on any atom is 0.154 e. The quantitative estimate of drug-likeness (QED) is 0.523. The van der Waals surface area contributed by atoms with Gasteiger partial charge in [-0.1, -0.05) is 18.2 Å². The number of halogens is 1. The van der Waals surface area contributed by atoms with Crippen molar-refractivity contribution in [3.63, 3.8) is 0 Å². The van der Waals surface area contributed by atoms with E-state index in [1.165, 1.54) is 6.07 Å². The van der Waals surface area contributed by atoms with Crippen molar-refractivity contribution in [1.29, 1.82) is 0 Å². The topological polar surface area (TPSA) is 58.4 Å². The first-order valence-electron chi connectivity index (χ1n) is 10.7. The minimum atomic E-state index is -0.198. The zero-order valence-electron chi connectivity index (χ0n) is 17.5. The number of rotatable bonds is 5. The molecule has 1 atom stereocenters. The number of piperidine rings is 1. The van der Waals surface area contributed by atoms with Crippen LogP contribution in [0.15, 0.2) is 60.8 Å². The fourth-order valence-corrected chi connectivity index (χ4v) is 4.36. The lowest BCUT2D eigenvalue weighted by atomic mass is 9.95. The van der Waals surface area contributed by atoms with Gasteiger partial charge in [0.1, 0.15) is 17.3 Å². The molecule has 1 saturated heterocycles. The van der Waals surface area contributed by atoms with E-state index < -0.39 is 0 Å². The minimum absolute atomic E-state index is 0.110. The van der Waals surface area contributed by atoms with E-state index in [1.54, 1.807) is 12.1 Å². The molecule has 1 fully saturated rings. The molecule has 0 aliphatic carbocycles. The lowest BCUT2D eigenvalue weighted by Crippen LogP contribution is -2.34. The summed E-state index contributed by atoms with van der Waals surface area (Å²) in [4.78, 5) is 11.6. The Bertz CT molecular complexity index is 1200. The second-order valence-electron chi connectivity index (χ2n) is 7.91. The first kappa shape index (κ1) is 19.6. The number of anilines is 1. The number of fused-ring (bicyclic) bond motifs is 1. The van der Waals surface area contributed by atoms with Gasteiger partial charge in [0.05, 0.1) is 23.6 Å². The number of nitrogens with one attached hydrogen (secondary N) is 1. The summed E-state index contributed by atoms with van der Waals surface area (Å²) in [6.07, 6.45) is 5.01. The van der Waals surface area contributed by atoms with Crippen molar-refractivity contribution in [2.24, 2.45) is 0 Å². The maximum atomic E-state index is 13.9. The Morgan fingerprint density at radius 2 is 2.00 bits per heavy atom. The van der Waals surface area contributed by atoms with Crippen molar-refractivity contribution in [2.45, 2.75) is 31.8 Å². The molecule has 3 aromatic heterocycles. The second kappa shape index (κ2) is 8.43. The highest BCUT2D eigenvalue weighted by atomic mass is 19.1. The average molecular weight is 417 g/mol. The number of nitrogens with zero attached hydrogens (tertiary/aromatic N) is 5. The van der Waals surface area contributed by atoms with Gasteiger partial charge < -0.3 is 10.2 Å². The van der Waals surface area contributed by atoms with Crippen molar-refractivity contribution in [3.05, 3.63) is 77.9 Å². The third-order valence-corrected chi connectivity index (χ3v) is 5.81. The van der Waals surface area contributed by atoms with Crippen molar-refractivity contribution < 1.29 is 4.39 Å². The second-order valence-corrected chi connectivity index (χ2v) is 7.91. The van der Waals surface area contributed by atoms with Gasteiger partial charge in [-0.3, -0.25) is 0 Å². The zero-order chi connectivity index (χ0) is 21.2. The molecule has 0 amide bonds. The molecule has 5 rings (SSSR count). The van der Waals surface area contributed by atoms with E-state index in [0.717, 1.165) is 59.9 Å². The van der Waals surface area contributed by atoms with Gasteiger partial charge in [0.2, 0.25) is 0 Å². The molecule has 1 aliphatic rings. The maximum absolute atomic E-state index is 13.9. The first-order valence-corrected chi connectivity index (χ1v) is 10.7. The molecule has 7 heteroatoms. The monoisotopic (exact) mass is 416 g/mol. The molecule has 31 heavy (non-hydrogen) atoms. The summed E-state index contributed by atoms with van der Waals surface area (Å²) in [5.74, 6) is 0.669. The van der Waals surface area contributed by atoms with Crippen LogP contribution in [0, 0.1) is 5.82 Å². The largest absolute Gasteiger partial charge is 0.348 e. The number of aromatic nitrogens is 4. The molecule has 4 aromatic rings. The third-order valence-electron chi connectivity index (χ3n) is 5.81. The molecule has 1 N–H and O–H groups in total. The van der Waals surface area contributed by atoms with Crippen LogP contribution in [0.2, 0.25) is 0 Å². The van der Waals surface area contributed by atoms with E-state index in [0.29, 0.717) is 6.54 Å². The van der Waals surface area contributed by atoms with E-state index in [1.807, 2.05) is 54.2 Å². The lowest BCUT2D eigenvalue weighted by Gasteiger charge is -2.37. The molecule has 0 bridgehead atoms. The van der Waals surface area contributed by atoms with Crippen LogP contribution in [0.5, 0.6) is 0 Å². The van der Waals surface area contributed by atoms with Gasteiger partial charge in [-0.05, 0) is 68.3 Å². The Balaban J connectivity index is 1.54. The SMILES string of the molecule is CNCc1cccc(-c2cnc3ccc(N4CCCCC4c4cccc(F)c4)nn23)n1. The molecule has 1 aliphatic heterocycles. The van der Waals surface area contributed by atoms with Gasteiger partial charge in [-0.2, -0.15) is 0 Å². The zero-order valence-corrected chi connectivity index (χ0v) is 17.5. The van der Waals surface area contributed by atoms with Crippen LogP contribution in [-0.4, -0.2) is 33.2 Å². The van der Waals surface area contributed by atoms with E-state index in [-0.39, 0.29) is 11.9 Å². The molecule has 4 heterocycles. The molecule has 158 valence electrons. The predicted octanol–water partition coefficient (Wildman–Crippen LogP) is 4.38.